The zero-order chi connectivity index (χ0) is 29.6. The van der Waals surface area contributed by atoms with E-state index >= 15 is 0 Å². The van der Waals surface area contributed by atoms with Gasteiger partial charge >= 0.3 is 33.8 Å². The van der Waals surface area contributed by atoms with Crippen LogP contribution in [-0.2, 0) is 0 Å². The number of aryl methyl sites for hydroxylation is 1. The topological polar surface area (TPSA) is 43.4 Å². The summed E-state index contributed by atoms with van der Waals surface area (Å²) in [5.74, 6) is 9.22. The minimum atomic E-state index is -2.35. The van der Waals surface area contributed by atoms with Crippen LogP contribution in [0.4, 0.5) is 0 Å². The van der Waals surface area contributed by atoms with Crippen LogP contribution in [0, 0.1) is 6.85 Å². The van der Waals surface area contributed by atoms with Gasteiger partial charge in [0.1, 0.15) is 0 Å². The van der Waals surface area contributed by atoms with E-state index in [1.807, 2.05) is 40.8 Å². The van der Waals surface area contributed by atoms with Gasteiger partial charge in [-0.05, 0) is 85.3 Å². The van der Waals surface area contributed by atoms with E-state index in [2.05, 4.69) is 104 Å². The van der Waals surface area contributed by atoms with Crippen molar-refractivity contribution < 1.29 is 8.53 Å². The third-order valence-corrected chi connectivity index (χ3v) is 8.55. The lowest BCUT2D eigenvalue weighted by Gasteiger charge is -2.53. The van der Waals surface area contributed by atoms with Gasteiger partial charge in [0, 0.05) is 9.68 Å². The third kappa shape index (κ3) is 3.23. The SMILES string of the molecule is [2H]C([2H])([2H])c1ccc2c(oc3nc4ccccc4n32)c1C1=CB2N3C=CC=CB3N3C=CC=CB3N3C=CC=CB3N2C=C1. The molecule has 2 aromatic carbocycles. The molecule has 41 heavy (non-hydrogen) atoms. The monoisotopic (exact) mass is 531 g/mol. The molecular weight excluding hydrogens is 504 g/mol. The highest BCUT2D eigenvalue weighted by Crippen LogP contribution is 2.37. The quantitative estimate of drug-likeness (QED) is 0.322. The first kappa shape index (κ1) is 20.0. The number of rotatable bonds is 1. The lowest BCUT2D eigenvalue weighted by atomic mass is 9.41. The van der Waals surface area contributed by atoms with E-state index in [-0.39, 0.29) is 33.5 Å². The van der Waals surface area contributed by atoms with Crippen LogP contribution in [0.1, 0.15) is 15.2 Å². The van der Waals surface area contributed by atoms with Crippen LogP contribution in [0.5, 0.6) is 0 Å². The maximum atomic E-state index is 8.48. The number of benzene rings is 2. The van der Waals surface area contributed by atoms with E-state index in [1.165, 1.54) is 0 Å². The number of hydrogen-bond acceptors (Lipinski definition) is 6. The van der Waals surface area contributed by atoms with Crippen LogP contribution >= 0.6 is 0 Å². The van der Waals surface area contributed by atoms with Crippen LogP contribution < -0.4 is 0 Å². The predicted molar refractivity (Wildman–Crippen MR) is 170 cm³/mol. The third-order valence-electron chi connectivity index (χ3n) is 8.55. The second-order valence-corrected chi connectivity index (χ2v) is 10.7. The average Bonchev–Trinajstić information content (AvgIpc) is 3.59. The first-order chi connectivity index (χ1) is 21.5. The molecule has 192 valence electrons. The Morgan fingerprint density at radius 2 is 1.37 bits per heavy atom. The van der Waals surface area contributed by atoms with Gasteiger partial charge in [-0.1, -0.05) is 60.3 Å². The molecule has 9 rings (SSSR count). The second-order valence-electron chi connectivity index (χ2n) is 10.7. The van der Waals surface area contributed by atoms with Crippen molar-refractivity contribution in [3.05, 3.63) is 139 Å². The molecular formula is C30H24B4N6O. The fourth-order valence-electron chi connectivity index (χ4n) is 6.74. The fraction of sp³-hybridized carbons (Fsp3) is 0.0333. The minimum Gasteiger partial charge on any atom is -0.423 e. The highest BCUT2D eigenvalue weighted by Gasteiger charge is 2.50. The van der Waals surface area contributed by atoms with E-state index in [0.717, 1.165) is 22.1 Å². The Hall–Kier alpha value is -4.91. The molecule has 0 radical (unpaired) electrons. The number of imidazole rings is 1. The van der Waals surface area contributed by atoms with Crippen LogP contribution in [-0.4, -0.2) is 56.2 Å². The standard InChI is InChI=1S/C30H24B4N6O/c1-23-12-13-27-29(41-30-35-25-10-2-3-11-26(25)40(27)30)28(23)24-14-21-39-33-17-5-8-19-37(33)31-15-4-7-18-36(31)32-16-6-9-20-38(32)34(39)22-24/h2-22H,1H3/i1D3. The molecule has 0 atom stereocenters. The number of hydrogen-bond donors (Lipinski definition) is 0. The summed E-state index contributed by atoms with van der Waals surface area (Å²) >= 11 is 0. The Labute approximate surface area is 243 Å². The van der Waals surface area contributed by atoms with Gasteiger partial charge in [0.05, 0.1) is 16.6 Å². The Bertz CT molecular complexity index is 2080. The van der Waals surface area contributed by atoms with E-state index in [4.69, 9.17) is 13.5 Å². The van der Waals surface area contributed by atoms with Crippen LogP contribution in [0.25, 0.3) is 33.6 Å². The molecule has 5 aliphatic heterocycles. The van der Waals surface area contributed by atoms with E-state index in [0.29, 0.717) is 17.0 Å². The summed E-state index contributed by atoms with van der Waals surface area (Å²) in [6.45, 7) is -2.71. The molecule has 0 unspecified atom stereocenters. The summed E-state index contributed by atoms with van der Waals surface area (Å²) < 4.78 is 43.2. The van der Waals surface area contributed by atoms with E-state index in [1.54, 1.807) is 6.07 Å². The largest absolute Gasteiger partial charge is 0.423 e. The molecule has 11 heteroatoms. The smallest absolute Gasteiger partial charge is 0.381 e. The highest BCUT2D eigenvalue weighted by molar-refractivity contribution is 6.92. The lowest BCUT2D eigenvalue weighted by Crippen LogP contribution is -2.73. The zero-order valence-corrected chi connectivity index (χ0v) is 22.0. The Morgan fingerprint density at radius 1 is 0.707 bits per heavy atom. The molecule has 7 heterocycles. The summed E-state index contributed by atoms with van der Waals surface area (Å²) in [5.41, 5.74) is 4.64. The summed E-state index contributed by atoms with van der Waals surface area (Å²) in [6.07, 6.45) is 23.0. The summed E-state index contributed by atoms with van der Waals surface area (Å²) in [4.78, 5) is 4.70. The second kappa shape index (κ2) is 8.54. The molecule has 0 N–H and O–H groups in total. The van der Waals surface area contributed by atoms with Gasteiger partial charge in [0.2, 0.25) is 0 Å². The first-order valence-corrected chi connectivity index (χ1v) is 13.9. The number of fused-ring (bicyclic) bond motifs is 13. The molecule has 7 nitrogen and oxygen atoms in total. The van der Waals surface area contributed by atoms with Crippen LogP contribution in [0.3, 0.4) is 0 Å². The molecule has 0 spiro atoms. The Kier molecular flexibility index (Phi) is 4.18. The molecule has 1 fully saturated rings. The van der Waals surface area contributed by atoms with Gasteiger partial charge in [-0.2, -0.15) is 4.98 Å². The van der Waals surface area contributed by atoms with Gasteiger partial charge in [0.25, 0.3) is 0 Å². The summed E-state index contributed by atoms with van der Waals surface area (Å²) in [6, 6.07) is 11.4. The van der Waals surface area contributed by atoms with Crippen LogP contribution in [0.15, 0.2) is 132 Å². The predicted octanol–water partition coefficient (Wildman–Crippen LogP) is 5.03. The molecule has 4 aromatic rings. The molecule has 0 aliphatic carbocycles. The van der Waals surface area contributed by atoms with Gasteiger partial charge in [-0.25, -0.2) is 0 Å². The summed E-state index contributed by atoms with van der Waals surface area (Å²) in [7, 11) is 0. The van der Waals surface area contributed by atoms with E-state index < -0.39 is 6.85 Å². The fourth-order valence-corrected chi connectivity index (χ4v) is 6.74. The van der Waals surface area contributed by atoms with Crippen molar-refractivity contribution in [1.29, 1.82) is 0 Å². The lowest BCUT2D eigenvalue weighted by molar-refractivity contribution is 0.622. The number of allylic oxidation sites excluding steroid dienone is 8. The van der Waals surface area contributed by atoms with Gasteiger partial charge in [0.15, 0.2) is 5.58 Å². The van der Waals surface area contributed by atoms with Crippen molar-refractivity contribution in [2.24, 2.45) is 0 Å². The van der Waals surface area contributed by atoms with Crippen molar-refractivity contribution in [2.45, 2.75) is 6.85 Å². The van der Waals surface area contributed by atoms with Gasteiger partial charge in [-0.15, -0.1) is 0 Å². The Morgan fingerprint density at radius 3 is 2.07 bits per heavy atom. The summed E-state index contributed by atoms with van der Waals surface area (Å²) in [5, 5.41) is 0. The molecule has 0 saturated carbocycles. The van der Waals surface area contributed by atoms with Gasteiger partial charge < -0.3 is 23.3 Å². The van der Waals surface area contributed by atoms with Crippen molar-refractivity contribution >= 4 is 61.5 Å². The molecule has 5 aliphatic rings. The number of para-hydroxylation sites is 2. The average molecular weight is 531 g/mol. The molecule has 1 saturated heterocycles. The number of oxazole rings is 1. The zero-order valence-electron chi connectivity index (χ0n) is 25.0. The normalized spacial score (nSPS) is 20.3. The van der Waals surface area contributed by atoms with Crippen molar-refractivity contribution in [2.75, 3.05) is 0 Å². The number of aromatic nitrogens is 2. The van der Waals surface area contributed by atoms with Crippen molar-refractivity contribution in [3.63, 3.8) is 0 Å². The molecule has 0 bridgehead atoms. The minimum absolute atomic E-state index is 0.0136. The maximum Gasteiger partial charge on any atom is 0.381 e. The van der Waals surface area contributed by atoms with Crippen molar-refractivity contribution in [3.8, 4) is 0 Å². The van der Waals surface area contributed by atoms with Gasteiger partial charge in [-0.3, -0.25) is 4.40 Å². The Balaban J connectivity index is 1.26. The maximum absolute atomic E-state index is 8.48. The highest BCUT2D eigenvalue weighted by atomic mass is 16.4. The molecule has 2 aromatic heterocycles. The first-order valence-electron chi connectivity index (χ1n) is 15.4. The van der Waals surface area contributed by atoms with Crippen molar-refractivity contribution in [1.82, 2.24) is 28.3 Å². The molecule has 0 amide bonds. The van der Waals surface area contributed by atoms with E-state index in [9.17, 15) is 0 Å². The van der Waals surface area contributed by atoms with Crippen LogP contribution in [0.2, 0.25) is 0 Å². The number of nitrogens with zero attached hydrogens (tertiary/aromatic N) is 6.